The van der Waals surface area contributed by atoms with E-state index in [1.165, 1.54) is 5.56 Å². The number of primary amides is 1. The highest BCUT2D eigenvalue weighted by Crippen LogP contribution is 2.19. The Hall–Kier alpha value is -3.81. The molecule has 0 saturated carbocycles. The van der Waals surface area contributed by atoms with Gasteiger partial charge in [0.2, 0.25) is 5.89 Å². The van der Waals surface area contributed by atoms with Crippen LogP contribution in [-0.4, -0.2) is 30.5 Å². The number of rotatable bonds is 8. The quantitative estimate of drug-likeness (QED) is 0.390. The van der Waals surface area contributed by atoms with Crippen LogP contribution in [0.3, 0.4) is 0 Å². The number of nitrogens with two attached hydrogens (primary N) is 1. The summed E-state index contributed by atoms with van der Waals surface area (Å²) in [4.78, 5) is 19.6. The highest BCUT2D eigenvalue weighted by Gasteiger charge is 2.08. The summed E-state index contributed by atoms with van der Waals surface area (Å²) in [6.07, 6.45) is 1.63. The maximum absolute atomic E-state index is 10.8. The molecule has 30 heavy (non-hydrogen) atoms. The molecule has 0 radical (unpaired) electrons. The van der Waals surface area contributed by atoms with Crippen molar-refractivity contribution in [3.8, 4) is 17.2 Å². The number of hydrogen-bond acceptors (Lipinski definition) is 5. The number of guanidine groups is 1. The molecule has 0 fully saturated rings. The molecule has 1 aromatic heterocycles. The molecule has 2 aromatic carbocycles. The fraction of sp³-hybridized carbons (Fsp3) is 0.227. The molecule has 1 amide bonds. The number of hydrogen-bond donors (Lipinski definition) is 3. The minimum atomic E-state index is -0.512. The van der Waals surface area contributed by atoms with Crippen molar-refractivity contribution in [3.63, 3.8) is 0 Å². The standard InChI is InChI=1S/C22H25N5O3/c1-15-6-8-17(9-7-15)21-27-18(13-30-21)12-26-22(24-2)25-11-16-4-3-5-19(10-16)29-14-20(23)28/h3-10,13H,11-12,14H2,1-2H3,(H2,23,28)(H2,24,25,26). The Morgan fingerprint density at radius 2 is 1.93 bits per heavy atom. The number of nitrogens with zero attached hydrogens (tertiary/aromatic N) is 2. The first-order valence-electron chi connectivity index (χ1n) is 9.49. The average Bonchev–Trinajstić information content (AvgIpc) is 3.22. The maximum Gasteiger partial charge on any atom is 0.255 e. The van der Waals surface area contributed by atoms with E-state index in [2.05, 4.69) is 20.6 Å². The van der Waals surface area contributed by atoms with Crippen LogP contribution in [0.25, 0.3) is 11.5 Å². The van der Waals surface area contributed by atoms with Crippen LogP contribution in [0.2, 0.25) is 0 Å². The van der Waals surface area contributed by atoms with Gasteiger partial charge in [-0.2, -0.15) is 0 Å². The Bertz CT molecular complexity index is 1010. The summed E-state index contributed by atoms with van der Waals surface area (Å²) in [5, 5.41) is 6.43. The van der Waals surface area contributed by atoms with E-state index in [0.29, 0.717) is 30.7 Å². The Balaban J connectivity index is 1.51. The number of aliphatic imine (C=N–C) groups is 1. The number of aryl methyl sites for hydroxylation is 1. The summed E-state index contributed by atoms with van der Waals surface area (Å²) in [6, 6.07) is 15.4. The van der Waals surface area contributed by atoms with Gasteiger partial charge in [-0.25, -0.2) is 4.98 Å². The fourth-order valence-electron chi connectivity index (χ4n) is 2.70. The lowest BCUT2D eigenvalue weighted by molar-refractivity contribution is -0.119. The predicted octanol–water partition coefficient (Wildman–Crippen LogP) is 2.38. The molecule has 0 unspecified atom stereocenters. The molecule has 0 saturated heterocycles. The van der Waals surface area contributed by atoms with Gasteiger partial charge in [-0.3, -0.25) is 9.79 Å². The molecular formula is C22H25N5O3. The second kappa shape index (κ2) is 10.1. The monoisotopic (exact) mass is 407 g/mol. The van der Waals surface area contributed by atoms with Gasteiger partial charge < -0.3 is 25.5 Å². The van der Waals surface area contributed by atoms with Crippen LogP contribution in [0.4, 0.5) is 0 Å². The molecule has 0 aliphatic rings. The van der Waals surface area contributed by atoms with Crippen molar-refractivity contribution in [2.24, 2.45) is 10.7 Å². The molecule has 0 aliphatic heterocycles. The summed E-state index contributed by atoms with van der Waals surface area (Å²) < 4.78 is 10.9. The molecule has 1 heterocycles. The van der Waals surface area contributed by atoms with E-state index in [0.717, 1.165) is 16.8 Å². The van der Waals surface area contributed by atoms with E-state index < -0.39 is 5.91 Å². The van der Waals surface area contributed by atoms with Gasteiger partial charge in [-0.05, 0) is 36.8 Å². The maximum atomic E-state index is 10.8. The van der Waals surface area contributed by atoms with Crippen LogP contribution in [0.1, 0.15) is 16.8 Å². The van der Waals surface area contributed by atoms with Crippen LogP contribution in [0.5, 0.6) is 5.75 Å². The van der Waals surface area contributed by atoms with E-state index >= 15 is 0 Å². The predicted molar refractivity (Wildman–Crippen MR) is 115 cm³/mol. The second-order valence-corrected chi connectivity index (χ2v) is 6.69. The lowest BCUT2D eigenvalue weighted by Gasteiger charge is -2.12. The van der Waals surface area contributed by atoms with Crippen LogP contribution in [-0.2, 0) is 17.9 Å². The molecule has 4 N–H and O–H groups in total. The zero-order valence-electron chi connectivity index (χ0n) is 17.0. The van der Waals surface area contributed by atoms with Crippen molar-refractivity contribution in [1.29, 1.82) is 0 Å². The van der Waals surface area contributed by atoms with Gasteiger partial charge in [0.1, 0.15) is 12.0 Å². The van der Waals surface area contributed by atoms with Gasteiger partial charge in [-0.15, -0.1) is 0 Å². The van der Waals surface area contributed by atoms with Crippen LogP contribution < -0.4 is 21.1 Å². The first kappa shape index (κ1) is 20.9. The van der Waals surface area contributed by atoms with Crippen molar-refractivity contribution in [3.05, 3.63) is 71.6 Å². The van der Waals surface area contributed by atoms with Crippen LogP contribution in [0, 0.1) is 6.92 Å². The van der Waals surface area contributed by atoms with E-state index in [1.807, 2.05) is 49.4 Å². The number of carbonyl (C=O) groups excluding carboxylic acids is 1. The normalized spacial score (nSPS) is 11.2. The largest absolute Gasteiger partial charge is 0.484 e. The number of amides is 1. The SMILES string of the molecule is CN=C(NCc1cccc(OCC(N)=O)c1)NCc1coc(-c2ccc(C)cc2)n1. The third-order valence-electron chi connectivity index (χ3n) is 4.25. The van der Waals surface area contributed by atoms with Gasteiger partial charge in [0.25, 0.3) is 5.91 Å². The zero-order chi connectivity index (χ0) is 21.3. The number of oxazole rings is 1. The van der Waals surface area contributed by atoms with Crippen molar-refractivity contribution < 1.29 is 13.9 Å². The Kier molecular flexibility index (Phi) is 7.05. The number of benzene rings is 2. The van der Waals surface area contributed by atoms with Gasteiger partial charge in [0.15, 0.2) is 12.6 Å². The number of ether oxygens (including phenoxy) is 1. The van der Waals surface area contributed by atoms with Gasteiger partial charge >= 0.3 is 0 Å². The Morgan fingerprint density at radius 1 is 1.17 bits per heavy atom. The van der Waals surface area contributed by atoms with E-state index in [9.17, 15) is 4.79 Å². The molecule has 156 valence electrons. The number of nitrogens with one attached hydrogen (secondary N) is 2. The fourth-order valence-corrected chi connectivity index (χ4v) is 2.70. The first-order valence-corrected chi connectivity index (χ1v) is 9.49. The molecular weight excluding hydrogens is 382 g/mol. The Morgan fingerprint density at radius 3 is 2.67 bits per heavy atom. The van der Waals surface area contributed by atoms with E-state index in [-0.39, 0.29) is 6.61 Å². The molecule has 8 nitrogen and oxygen atoms in total. The second-order valence-electron chi connectivity index (χ2n) is 6.69. The molecule has 0 atom stereocenters. The summed E-state index contributed by atoms with van der Waals surface area (Å²) in [5.41, 5.74) is 8.98. The topological polar surface area (TPSA) is 115 Å². The lowest BCUT2D eigenvalue weighted by Crippen LogP contribution is -2.36. The van der Waals surface area contributed by atoms with Gasteiger partial charge in [0.05, 0.1) is 12.2 Å². The summed E-state index contributed by atoms with van der Waals surface area (Å²) in [6.45, 7) is 2.89. The molecule has 0 bridgehead atoms. The molecule has 3 aromatic rings. The Labute approximate surface area is 175 Å². The van der Waals surface area contributed by atoms with E-state index in [1.54, 1.807) is 19.4 Å². The lowest BCUT2D eigenvalue weighted by atomic mass is 10.1. The average molecular weight is 407 g/mol. The summed E-state index contributed by atoms with van der Waals surface area (Å²) in [5.74, 6) is 1.28. The van der Waals surface area contributed by atoms with Crippen molar-refractivity contribution in [1.82, 2.24) is 15.6 Å². The van der Waals surface area contributed by atoms with Gasteiger partial charge in [-0.1, -0.05) is 29.8 Å². The smallest absolute Gasteiger partial charge is 0.255 e. The van der Waals surface area contributed by atoms with Crippen LogP contribution in [0.15, 0.2) is 64.2 Å². The molecule has 0 aliphatic carbocycles. The third-order valence-corrected chi connectivity index (χ3v) is 4.25. The number of aromatic nitrogens is 1. The van der Waals surface area contributed by atoms with Crippen molar-refractivity contribution in [2.75, 3.05) is 13.7 Å². The molecule has 8 heteroatoms. The van der Waals surface area contributed by atoms with Crippen LogP contribution >= 0.6 is 0 Å². The molecule has 3 rings (SSSR count). The van der Waals surface area contributed by atoms with Gasteiger partial charge in [0, 0.05) is 19.2 Å². The third kappa shape index (κ3) is 6.10. The summed E-state index contributed by atoms with van der Waals surface area (Å²) in [7, 11) is 1.70. The minimum Gasteiger partial charge on any atom is -0.484 e. The highest BCUT2D eigenvalue weighted by molar-refractivity contribution is 5.79. The van der Waals surface area contributed by atoms with E-state index in [4.69, 9.17) is 14.9 Å². The highest BCUT2D eigenvalue weighted by atomic mass is 16.5. The number of carbonyl (C=O) groups is 1. The van der Waals surface area contributed by atoms with Crippen molar-refractivity contribution >= 4 is 11.9 Å². The molecule has 0 spiro atoms. The van der Waals surface area contributed by atoms with Crippen molar-refractivity contribution in [2.45, 2.75) is 20.0 Å². The first-order chi connectivity index (χ1) is 14.5. The summed E-state index contributed by atoms with van der Waals surface area (Å²) >= 11 is 0. The zero-order valence-corrected chi connectivity index (χ0v) is 17.0. The minimum absolute atomic E-state index is 0.150.